The zero-order chi connectivity index (χ0) is 17.6. The number of nitrogens with two attached hydrogens (primary N) is 1. The molecular weight excluding hydrogens is 346 g/mol. The van der Waals surface area contributed by atoms with Crippen LogP contribution in [0.2, 0.25) is 0 Å². The number of aromatic nitrogens is 4. The number of rotatable bonds is 4. The Hall–Kier alpha value is -2.06. The summed E-state index contributed by atoms with van der Waals surface area (Å²) in [6.07, 6.45) is -3.02. The van der Waals surface area contributed by atoms with Crippen molar-refractivity contribution in [2.24, 2.45) is 0 Å². The summed E-state index contributed by atoms with van der Waals surface area (Å²) < 4.78 is 33.3. The Labute approximate surface area is 135 Å². The second kappa shape index (κ2) is 5.78. The lowest BCUT2D eigenvalue weighted by molar-refractivity contribution is -0.0466. The van der Waals surface area contributed by atoms with E-state index in [0.29, 0.717) is 0 Å². The van der Waals surface area contributed by atoms with Crippen LogP contribution in [-0.4, -0.2) is 69.3 Å². The first-order chi connectivity index (χ1) is 11.2. The minimum absolute atomic E-state index is 0.0228. The van der Waals surface area contributed by atoms with E-state index < -0.39 is 46.8 Å². The predicted molar refractivity (Wildman–Crippen MR) is 79.3 cm³/mol. The van der Waals surface area contributed by atoms with Gasteiger partial charge in [0.05, 0.1) is 19.2 Å². The van der Waals surface area contributed by atoms with E-state index in [2.05, 4.69) is 19.1 Å². The average Bonchev–Trinajstić information content (AvgIpc) is 3.00. The highest BCUT2D eigenvalue weighted by molar-refractivity contribution is 7.85. The summed E-state index contributed by atoms with van der Waals surface area (Å²) in [7, 11) is -3.74. The van der Waals surface area contributed by atoms with Crippen molar-refractivity contribution in [1.29, 1.82) is 0 Å². The van der Waals surface area contributed by atoms with Crippen LogP contribution < -0.4 is 11.3 Å². The molecule has 5 N–H and O–H groups in total. The Morgan fingerprint density at radius 2 is 2.17 bits per heavy atom. The van der Waals surface area contributed by atoms with Crippen LogP contribution in [0.5, 0.6) is 0 Å². The van der Waals surface area contributed by atoms with Crippen LogP contribution >= 0.6 is 0 Å². The molecule has 1 saturated heterocycles. The number of imidazole rings is 1. The Kier molecular flexibility index (Phi) is 4.05. The summed E-state index contributed by atoms with van der Waals surface area (Å²) in [6, 6.07) is 0. The van der Waals surface area contributed by atoms with Gasteiger partial charge in [0.1, 0.15) is 18.3 Å². The van der Waals surface area contributed by atoms with Gasteiger partial charge in [-0.2, -0.15) is 13.4 Å². The first kappa shape index (κ1) is 16.8. The van der Waals surface area contributed by atoms with E-state index in [1.54, 1.807) is 0 Å². The van der Waals surface area contributed by atoms with Gasteiger partial charge in [0.25, 0.3) is 15.7 Å². The third kappa shape index (κ3) is 2.99. The Morgan fingerprint density at radius 3 is 2.83 bits per heavy atom. The van der Waals surface area contributed by atoms with Crippen LogP contribution in [0.1, 0.15) is 6.23 Å². The van der Waals surface area contributed by atoms with E-state index in [1.807, 2.05) is 0 Å². The predicted octanol–water partition coefficient (Wildman–Crippen LogP) is -2.70. The summed E-state index contributed by atoms with van der Waals surface area (Å²) in [4.78, 5) is 21.8. The van der Waals surface area contributed by atoms with Gasteiger partial charge in [0, 0.05) is 0 Å². The molecule has 2 aromatic rings. The van der Waals surface area contributed by atoms with Crippen LogP contribution in [0.3, 0.4) is 0 Å². The molecule has 0 aliphatic carbocycles. The molecule has 0 radical (unpaired) electrons. The molecule has 13 heteroatoms. The number of hydrogen-bond acceptors (Lipinski definition) is 10. The monoisotopic (exact) mass is 361 g/mol. The normalized spacial score (nSPS) is 27.8. The molecule has 4 atom stereocenters. The molecule has 12 nitrogen and oxygen atoms in total. The van der Waals surface area contributed by atoms with Gasteiger partial charge in [-0.15, -0.1) is 0 Å². The number of nitrogens with zero attached hydrogens (tertiary/aromatic N) is 3. The molecule has 1 fully saturated rings. The fraction of sp³-hybridized carbons (Fsp3) is 0.545. The molecule has 0 saturated carbocycles. The minimum Gasteiger partial charge on any atom is -0.387 e. The van der Waals surface area contributed by atoms with Crippen molar-refractivity contribution in [3.05, 3.63) is 16.7 Å². The van der Waals surface area contributed by atoms with Gasteiger partial charge in [-0.1, -0.05) is 0 Å². The van der Waals surface area contributed by atoms with E-state index in [9.17, 15) is 23.4 Å². The largest absolute Gasteiger partial charge is 0.387 e. The van der Waals surface area contributed by atoms with Crippen molar-refractivity contribution in [2.45, 2.75) is 24.5 Å². The SMILES string of the molecule is CS(=O)(=O)OCC1OC(n2cnc3c(=O)[nH]c(N)nc32)C(O)C1O. The molecule has 132 valence electrons. The number of aliphatic hydroxyl groups excluding tert-OH is 2. The third-order valence-electron chi connectivity index (χ3n) is 3.51. The van der Waals surface area contributed by atoms with Crippen molar-refractivity contribution in [1.82, 2.24) is 19.5 Å². The molecule has 0 aromatic carbocycles. The zero-order valence-corrected chi connectivity index (χ0v) is 13.2. The maximum Gasteiger partial charge on any atom is 0.280 e. The van der Waals surface area contributed by atoms with Gasteiger partial charge >= 0.3 is 0 Å². The van der Waals surface area contributed by atoms with E-state index in [0.717, 1.165) is 6.26 Å². The molecule has 3 rings (SSSR count). The topological polar surface area (TPSA) is 183 Å². The first-order valence-electron chi connectivity index (χ1n) is 6.75. The molecule has 1 aliphatic heterocycles. The van der Waals surface area contributed by atoms with Crippen molar-refractivity contribution in [3.8, 4) is 0 Å². The van der Waals surface area contributed by atoms with Crippen molar-refractivity contribution >= 4 is 27.2 Å². The molecule has 24 heavy (non-hydrogen) atoms. The second-order valence-electron chi connectivity index (χ2n) is 5.31. The minimum atomic E-state index is -3.74. The summed E-state index contributed by atoms with van der Waals surface area (Å²) >= 11 is 0. The Bertz CT molecular complexity index is 922. The lowest BCUT2D eigenvalue weighted by atomic mass is 10.1. The summed E-state index contributed by atoms with van der Waals surface area (Å²) in [5.41, 5.74) is 4.95. The number of nitrogens with one attached hydrogen (secondary N) is 1. The van der Waals surface area contributed by atoms with E-state index >= 15 is 0 Å². The van der Waals surface area contributed by atoms with Crippen LogP contribution in [0, 0.1) is 0 Å². The summed E-state index contributed by atoms with van der Waals surface area (Å²) in [6.45, 7) is -0.476. The lowest BCUT2D eigenvalue weighted by Gasteiger charge is -2.16. The molecule has 1 aliphatic rings. The maximum absolute atomic E-state index is 11.8. The van der Waals surface area contributed by atoms with Crippen molar-refractivity contribution in [2.75, 3.05) is 18.6 Å². The highest BCUT2D eigenvalue weighted by Crippen LogP contribution is 2.31. The fourth-order valence-electron chi connectivity index (χ4n) is 2.42. The number of nitrogen functional groups attached to an aromatic ring is 1. The number of aromatic amines is 1. The number of ether oxygens (including phenoxy) is 1. The maximum atomic E-state index is 11.8. The number of fused-ring (bicyclic) bond motifs is 1. The number of hydrogen-bond donors (Lipinski definition) is 4. The fourth-order valence-corrected chi connectivity index (χ4v) is 2.80. The second-order valence-corrected chi connectivity index (χ2v) is 6.95. The molecule has 0 amide bonds. The Balaban J connectivity index is 1.91. The third-order valence-corrected chi connectivity index (χ3v) is 4.07. The van der Waals surface area contributed by atoms with Gasteiger partial charge in [0.2, 0.25) is 5.95 Å². The first-order valence-corrected chi connectivity index (χ1v) is 8.57. The number of anilines is 1. The van der Waals surface area contributed by atoms with Crippen molar-refractivity contribution < 1.29 is 27.6 Å². The number of H-pyrrole nitrogens is 1. The van der Waals surface area contributed by atoms with Gasteiger partial charge in [-0.25, -0.2) is 4.98 Å². The molecule has 3 heterocycles. The van der Waals surface area contributed by atoms with Crippen molar-refractivity contribution in [3.63, 3.8) is 0 Å². The van der Waals surface area contributed by atoms with Crippen LogP contribution in [0.4, 0.5) is 5.95 Å². The van der Waals surface area contributed by atoms with Crippen LogP contribution in [0.15, 0.2) is 11.1 Å². The lowest BCUT2D eigenvalue weighted by Crippen LogP contribution is -2.34. The highest BCUT2D eigenvalue weighted by atomic mass is 32.2. The average molecular weight is 361 g/mol. The van der Waals surface area contributed by atoms with E-state index in [4.69, 9.17) is 10.5 Å². The number of aliphatic hydroxyl groups is 2. The van der Waals surface area contributed by atoms with Crippen LogP contribution in [0.25, 0.3) is 11.2 Å². The standard InChI is InChI=1S/C11H15N5O7S/c1-24(20,21)22-2-4-6(17)7(18)10(23-4)16-3-13-5-8(16)14-11(12)15-9(5)19/h3-4,6-7,10,17-18H,2H2,1H3,(H3,12,14,15,19). The molecule has 0 bridgehead atoms. The highest BCUT2D eigenvalue weighted by Gasteiger charge is 2.44. The summed E-state index contributed by atoms with van der Waals surface area (Å²) in [5.74, 6) is -0.153. The van der Waals surface area contributed by atoms with E-state index in [1.165, 1.54) is 10.9 Å². The Morgan fingerprint density at radius 1 is 1.46 bits per heavy atom. The summed E-state index contributed by atoms with van der Waals surface area (Å²) in [5, 5.41) is 20.2. The molecular formula is C11H15N5O7S. The molecule has 4 unspecified atom stereocenters. The quantitative estimate of drug-likeness (QED) is 0.418. The van der Waals surface area contributed by atoms with Gasteiger partial charge in [-0.3, -0.25) is 18.5 Å². The molecule has 0 spiro atoms. The van der Waals surface area contributed by atoms with E-state index in [-0.39, 0.29) is 17.1 Å². The zero-order valence-electron chi connectivity index (χ0n) is 12.4. The van der Waals surface area contributed by atoms with Gasteiger partial charge in [-0.05, 0) is 0 Å². The smallest absolute Gasteiger partial charge is 0.280 e. The van der Waals surface area contributed by atoms with Gasteiger partial charge < -0.3 is 20.7 Å². The van der Waals surface area contributed by atoms with Crippen LogP contribution in [-0.2, 0) is 19.0 Å². The molecule has 2 aromatic heterocycles. The van der Waals surface area contributed by atoms with Gasteiger partial charge in [0.15, 0.2) is 17.4 Å².